The van der Waals surface area contributed by atoms with Crippen LogP contribution in [0.1, 0.15) is 54.4 Å². The standard InChI is InChI=1S/C15H24O4/c1-9-7-12(17)8-10(2)15(9,11(3)16)13(18)19-14(4,5)6/h9-10H,7-8H2,1-6H3. The first-order valence-corrected chi connectivity index (χ1v) is 6.78. The van der Waals surface area contributed by atoms with Crippen molar-refractivity contribution in [1.82, 2.24) is 0 Å². The van der Waals surface area contributed by atoms with Crippen LogP contribution in [0, 0.1) is 17.3 Å². The van der Waals surface area contributed by atoms with Gasteiger partial charge in [0.25, 0.3) is 0 Å². The third kappa shape index (κ3) is 2.88. The van der Waals surface area contributed by atoms with Crippen molar-refractivity contribution in [3.63, 3.8) is 0 Å². The molecule has 1 fully saturated rings. The maximum Gasteiger partial charge on any atom is 0.320 e. The van der Waals surface area contributed by atoms with Crippen molar-refractivity contribution in [1.29, 1.82) is 0 Å². The number of Topliss-reactive ketones (excluding diaryl/α,β-unsaturated/α-hetero) is 2. The Bertz CT molecular complexity index is 389. The molecule has 1 saturated carbocycles. The second kappa shape index (κ2) is 5.06. The van der Waals surface area contributed by atoms with Gasteiger partial charge in [0.05, 0.1) is 0 Å². The minimum Gasteiger partial charge on any atom is -0.459 e. The number of ether oxygens (including phenoxy) is 1. The van der Waals surface area contributed by atoms with Crippen molar-refractivity contribution in [2.45, 2.75) is 60.0 Å². The monoisotopic (exact) mass is 268 g/mol. The van der Waals surface area contributed by atoms with Crippen molar-refractivity contribution in [3.8, 4) is 0 Å². The van der Waals surface area contributed by atoms with Crippen LogP contribution >= 0.6 is 0 Å². The molecular formula is C15H24O4. The summed E-state index contributed by atoms with van der Waals surface area (Å²) in [6.45, 7) is 10.3. The summed E-state index contributed by atoms with van der Waals surface area (Å²) in [5, 5.41) is 0. The second-order valence-electron chi connectivity index (χ2n) is 6.68. The minimum absolute atomic E-state index is 0.112. The van der Waals surface area contributed by atoms with Crippen LogP contribution in [0.3, 0.4) is 0 Å². The smallest absolute Gasteiger partial charge is 0.320 e. The Labute approximate surface area is 114 Å². The van der Waals surface area contributed by atoms with Gasteiger partial charge in [-0.3, -0.25) is 14.4 Å². The molecule has 0 aromatic carbocycles. The van der Waals surface area contributed by atoms with E-state index >= 15 is 0 Å². The number of esters is 1. The van der Waals surface area contributed by atoms with Crippen molar-refractivity contribution in [2.75, 3.05) is 0 Å². The first kappa shape index (κ1) is 15.9. The molecule has 0 saturated heterocycles. The zero-order chi connectivity index (χ0) is 15.0. The first-order valence-electron chi connectivity index (χ1n) is 6.78. The van der Waals surface area contributed by atoms with Gasteiger partial charge in [0.2, 0.25) is 0 Å². The average Bonchev–Trinajstić information content (AvgIpc) is 2.11. The van der Waals surface area contributed by atoms with Crippen LogP contribution in [0.15, 0.2) is 0 Å². The molecule has 0 aliphatic heterocycles. The van der Waals surface area contributed by atoms with Gasteiger partial charge in [0.1, 0.15) is 22.6 Å². The number of hydrogen-bond acceptors (Lipinski definition) is 4. The van der Waals surface area contributed by atoms with Crippen LogP contribution in [0.5, 0.6) is 0 Å². The fourth-order valence-corrected chi connectivity index (χ4v) is 3.18. The third-order valence-electron chi connectivity index (χ3n) is 3.94. The molecule has 0 heterocycles. The van der Waals surface area contributed by atoms with Crippen LogP contribution in [-0.2, 0) is 19.1 Å². The lowest BCUT2D eigenvalue weighted by Gasteiger charge is -2.43. The van der Waals surface area contributed by atoms with Gasteiger partial charge in [-0.1, -0.05) is 13.8 Å². The van der Waals surface area contributed by atoms with Gasteiger partial charge in [-0.15, -0.1) is 0 Å². The van der Waals surface area contributed by atoms with E-state index in [-0.39, 0.29) is 36.2 Å². The van der Waals surface area contributed by atoms with E-state index in [0.29, 0.717) is 0 Å². The van der Waals surface area contributed by atoms with E-state index in [1.807, 2.05) is 0 Å². The molecule has 2 atom stereocenters. The largest absolute Gasteiger partial charge is 0.459 e. The van der Waals surface area contributed by atoms with Gasteiger partial charge in [0.15, 0.2) is 0 Å². The molecule has 0 spiro atoms. The number of carbonyl (C=O) groups is 3. The molecule has 1 rings (SSSR count). The SMILES string of the molecule is CC(=O)C1(C(=O)OC(C)(C)C)C(C)CC(=O)CC1C. The van der Waals surface area contributed by atoms with E-state index in [4.69, 9.17) is 4.74 Å². The topological polar surface area (TPSA) is 60.4 Å². The Hall–Kier alpha value is -1.19. The van der Waals surface area contributed by atoms with E-state index in [1.54, 1.807) is 34.6 Å². The predicted octanol–water partition coefficient (Wildman–Crippen LogP) is 2.54. The van der Waals surface area contributed by atoms with Crippen LogP contribution in [0.2, 0.25) is 0 Å². The Morgan fingerprint density at radius 3 is 1.89 bits per heavy atom. The van der Waals surface area contributed by atoms with Gasteiger partial charge < -0.3 is 4.74 Å². The van der Waals surface area contributed by atoms with E-state index in [9.17, 15) is 14.4 Å². The molecule has 0 amide bonds. The molecule has 4 heteroatoms. The normalized spacial score (nSPS) is 32.0. The zero-order valence-corrected chi connectivity index (χ0v) is 12.7. The Morgan fingerprint density at radius 2 is 1.58 bits per heavy atom. The lowest BCUT2D eigenvalue weighted by atomic mass is 9.59. The quantitative estimate of drug-likeness (QED) is 0.570. The molecule has 0 radical (unpaired) electrons. The third-order valence-corrected chi connectivity index (χ3v) is 3.94. The van der Waals surface area contributed by atoms with E-state index in [0.717, 1.165) is 0 Å². The number of carbonyl (C=O) groups excluding carboxylic acids is 3. The van der Waals surface area contributed by atoms with Gasteiger partial charge in [-0.05, 0) is 39.5 Å². The zero-order valence-electron chi connectivity index (χ0n) is 12.7. The molecule has 1 aliphatic carbocycles. The minimum atomic E-state index is -1.18. The molecular weight excluding hydrogens is 244 g/mol. The maximum atomic E-state index is 12.6. The van der Waals surface area contributed by atoms with E-state index in [1.165, 1.54) is 6.92 Å². The van der Waals surface area contributed by atoms with Crippen molar-refractivity contribution < 1.29 is 19.1 Å². The summed E-state index contributed by atoms with van der Waals surface area (Å²) in [6, 6.07) is 0. The number of ketones is 2. The molecule has 2 unspecified atom stereocenters. The highest BCUT2D eigenvalue weighted by Crippen LogP contribution is 2.46. The summed E-state index contributed by atoms with van der Waals surface area (Å²) in [5.41, 5.74) is -1.82. The molecule has 0 aromatic heterocycles. The van der Waals surface area contributed by atoms with Crippen LogP contribution in [0.4, 0.5) is 0 Å². The van der Waals surface area contributed by atoms with Crippen molar-refractivity contribution in [2.24, 2.45) is 17.3 Å². The molecule has 19 heavy (non-hydrogen) atoms. The highest BCUT2D eigenvalue weighted by Gasteiger charge is 2.57. The van der Waals surface area contributed by atoms with Crippen LogP contribution in [-0.4, -0.2) is 23.1 Å². The summed E-state index contributed by atoms with van der Waals surface area (Å²) in [5.74, 6) is -1.19. The predicted molar refractivity (Wildman–Crippen MR) is 71.5 cm³/mol. The molecule has 108 valence electrons. The van der Waals surface area contributed by atoms with Crippen LogP contribution in [0.25, 0.3) is 0 Å². The summed E-state index contributed by atoms with van der Waals surface area (Å²) >= 11 is 0. The lowest BCUT2D eigenvalue weighted by molar-refractivity contribution is -0.180. The van der Waals surface area contributed by atoms with Gasteiger partial charge in [-0.25, -0.2) is 0 Å². The second-order valence-corrected chi connectivity index (χ2v) is 6.68. The average molecular weight is 268 g/mol. The lowest BCUT2D eigenvalue weighted by Crippen LogP contribution is -2.54. The summed E-state index contributed by atoms with van der Waals surface area (Å²) in [7, 11) is 0. The van der Waals surface area contributed by atoms with Gasteiger partial charge >= 0.3 is 5.97 Å². The Balaban J connectivity index is 3.20. The van der Waals surface area contributed by atoms with Crippen molar-refractivity contribution in [3.05, 3.63) is 0 Å². The summed E-state index contributed by atoms with van der Waals surface area (Å²) in [6.07, 6.45) is 0.534. The van der Waals surface area contributed by atoms with Gasteiger partial charge in [-0.2, -0.15) is 0 Å². The fourth-order valence-electron chi connectivity index (χ4n) is 3.18. The van der Waals surface area contributed by atoms with E-state index in [2.05, 4.69) is 0 Å². The molecule has 0 aromatic rings. The number of rotatable bonds is 2. The molecule has 1 aliphatic rings. The van der Waals surface area contributed by atoms with Crippen LogP contribution < -0.4 is 0 Å². The summed E-state index contributed by atoms with van der Waals surface area (Å²) in [4.78, 5) is 36.4. The highest BCUT2D eigenvalue weighted by molar-refractivity contribution is 6.05. The molecule has 0 N–H and O–H groups in total. The fraction of sp³-hybridized carbons (Fsp3) is 0.800. The van der Waals surface area contributed by atoms with Crippen molar-refractivity contribution >= 4 is 17.5 Å². The Kier molecular flexibility index (Phi) is 4.23. The molecule has 4 nitrogen and oxygen atoms in total. The van der Waals surface area contributed by atoms with E-state index < -0.39 is 17.0 Å². The highest BCUT2D eigenvalue weighted by atomic mass is 16.6. The first-order chi connectivity index (χ1) is 8.51. The van der Waals surface area contributed by atoms with Gasteiger partial charge in [0, 0.05) is 12.8 Å². The Morgan fingerprint density at radius 1 is 1.16 bits per heavy atom. The summed E-state index contributed by atoms with van der Waals surface area (Å²) < 4.78 is 5.45. The number of hydrogen-bond donors (Lipinski definition) is 0. The molecule has 0 bridgehead atoms. The maximum absolute atomic E-state index is 12.6.